The highest BCUT2D eigenvalue weighted by molar-refractivity contribution is 9.09. The van der Waals surface area contributed by atoms with Gasteiger partial charge >= 0.3 is 0 Å². The van der Waals surface area contributed by atoms with E-state index in [1.54, 1.807) is 5.56 Å². The molecule has 0 aliphatic carbocycles. The topological polar surface area (TPSA) is 3.24 Å². The number of thioether (sulfide) groups is 1. The van der Waals surface area contributed by atoms with Crippen LogP contribution in [0.1, 0.15) is 25.3 Å². The monoisotopic (exact) mass is 339 g/mol. The SMILES string of the molecule is CC(Br)C1CCN(CC2Cc3ccccc3S2)CC1. The third-order valence-corrected chi connectivity index (χ3v) is 6.51. The molecule has 2 atom stereocenters. The van der Waals surface area contributed by atoms with Crippen molar-refractivity contribution in [3.63, 3.8) is 0 Å². The van der Waals surface area contributed by atoms with Gasteiger partial charge in [0.15, 0.2) is 0 Å². The van der Waals surface area contributed by atoms with E-state index in [4.69, 9.17) is 0 Å². The fourth-order valence-electron chi connectivity index (χ4n) is 3.24. The molecule has 2 aliphatic heterocycles. The van der Waals surface area contributed by atoms with Crippen molar-refractivity contribution >= 4 is 27.7 Å². The number of benzene rings is 1. The number of fused-ring (bicyclic) bond motifs is 1. The summed E-state index contributed by atoms with van der Waals surface area (Å²) in [6, 6.07) is 8.90. The lowest BCUT2D eigenvalue weighted by atomic mass is 9.94. The maximum Gasteiger partial charge on any atom is 0.0263 e. The normalized spacial score (nSPS) is 26.3. The van der Waals surface area contributed by atoms with Gasteiger partial charge in [0.25, 0.3) is 0 Å². The predicted octanol–water partition coefficient (Wildman–Crippen LogP) is 4.20. The summed E-state index contributed by atoms with van der Waals surface area (Å²) < 4.78 is 0. The number of hydrogen-bond acceptors (Lipinski definition) is 2. The number of likely N-dealkylation sites (tertiary alicyclic amines) is 1. The maximum absolute atomic E-state index is 3.74. The summed E-state index contributed by atoms with van der Waals surface area (Å²) in [6.45, 7) is 6.13. The Kier molecular flexibility index (Phi) is 4.55. The van der Waals surface area contributed by atoms with Crippen LogP contribution in [0.4, 0.5) is 0 Å². The van der Waals surface area contributed by atoms with Crippen molar-refractivity contribution in [1.29, 1.82) is 0 Å². The molecular formula is C16H22BrNS. The zero-order chi connectivity index (χ0) is 13.2. The summed E-state index contributed by atoms with van der Waals surface area (Å²) in [5.41, 5.74) is 1.56. The van der Waals surface area contributed by atoms with Crippen molar-refractivity contribution in [3.05, 3.63) is 29.8 Å². The van der Waals surface area contributed by atoms with E-state index in [0.29, 0.717) is 4.83 Å². The Balaban J connectivity index is 1.50. The second-order valence-electron chi connectivity index (χ2n) is 5.87. The van der Waals surface area contributed by atoms with Crippen molar-refractivity contribution in [2.45, 2.75) is 41.2 Å². The summed E-state index contributed by atoms with van der Waals surface area (Å²) >= 11 is 5.83. The van der Waals surface area contributed by atoms with Crippen LogP contribution in [0.2, 0.25) is 0 Å². The standard InChI is InChI=1S/C16H22BrNS/c1-12(17)13-6-8-18(9-7-13)11-15-10-14-4-2-3-5-16(14)19-15/h2-5,12-13,15H,6-11H2,1H3. The highest BCUT2D eigenvalue weighted by Crippen LogP contribution is 2.37. The molecule has 1 aromatic carbocycles. The summed E-state index contributed by atoms with van der Waals surface area (Å²) in [5, 5.41) is 0.773. The Hall–Kier alpha value is 0.01000. The molecule has 2 aliphatic rings. The molecule has 1 aromatic rings. The van der Waals surface area contributed by atoms with Crippen LogP contribution in [0, 0.1) is 5.92 Å². The molecule has 1 saturated heterocycles. The molecule has 0 radical (unpaired) electrons. The minimum atomic E-state index is 0.680. The predicted molar refractivity (Wildman–Crippen MR) is 87.3 cm³/mol. The van der Waals surface area contributed by atoms with Crippen molar-refractivity contribution in [3.8, 4) is 0 Å². The van der Waals surface area contributed by atoms with Gasteiger partial charge in [0.05, 0.1) is 0 Å². The average molecular weight is 340 g/mol. The number of alkyl halides is 1. The van der Waals surface area contributed by atoms with Gasteiger partial charge in [-0.25, -0.2) is 0 Å². The van der Waals surface area contributed by atoms with E-state index in [1.165, 1.54) is 43.8 Å². The Morgan fingerprint density at radius 1 is 1.32 bits per heavy atom. The van der Waals surface area contributed by atoms with Gasteiger partial charge in [0, 0.05) is 21.5 Å². The lowest BCUT2D eigenvalue weighted by molar-refractivity contribution is 0.186. The van der Waals surface area contributed by atoms with E-state index in [2.05, 4.69) is 63.8 Å². The van der Waals surface area contributed by atoms with Crippen molar-refractivity contribution in [2.75, 3.05) is 19.6 Å². The molecule has 0 saturated carbocycles. The quantitative estimate of drug-likeness (QED) is 0.759. The smallest absolute Gasteiger partial charge is 0.0263 e. The first-order valence-corrected chi connectivity index (χ1v) is 9.13. The zero-order valence-corrected chi connectivity index (χ0v) is 13.9. The van der Waals surface area contributed by atoms with Crippen LogP contribution in [0.25, 0.3) is 0 Å². The molecule has 2 heterocycles. The molecule has 2 unspecified atom stereocenters. The summed E-state index contributed by atoms with van der Waals surface area (Å²) in [5.74, 6) is 0.879. The Morgan fingerprint density at radius 3 is 2.74 bits per heavy atom. The summed E-state index contributed by atoms with van der Waals surface area (Å²) in [7, 11) is 0. The fourth-order valence-corrected chi connectivity index (χ4v) is 5.13. The lowest BCUT2D eigenvalue weighted by Gasteiger charge is -2.34. The molecule has 104 valence electrons. The third kappa shape index (κ3) is 3.37. The van der Waals surface area contributed by atoms with Crippen molar-refractivity contribution in [2.24, 2.45) is 5.92 Å². The van der Waals surface area contributed by atoms with Crippen LogP contribution >= 0.6 is 27.7 Å². The molecule has 1 nitrogen and oxygen atoms in total. The first kappa shape index (κ1) is 14.0. The van der Waals surface area contributed by atoms with Crippen LogP contribution < -0.4 is 0 Å². The largest absolute Gasteiger partial charge is 0.302 e. The number of rotatable bonds is 3. The van der Waals surface area contributed by atoms with Crippen LogP contribution in [-0.2, 0) is 6.42 Å². The summed E-state index contributed by atoms with van der Waals surface area (Å²) in [6.07, 6.45) is 3.98. The van der Waals surface area contributed by atoms with Crippen LogP contribution in [-0.4, -0.2) is 34.6 Å². The molecule has 0 aromatic heterocycles. The molecule has 0 amide bonds. The lowest BCUT2D eigenvalue weighted by Crippen LogP contribution is -2.39. The van der Waals surface area contributed by atoms with E-state index in [-0.39, 0.29) is 0 Å². The third-order valence-electron chi connectivity index (χ3n) is 4.46. The van der Waals surface area contributed by atoms with E-state index in [1.807, 2.05) is 0 Å². The summed E-state index contributed by atoms with van der Waals surface area (Å²) in [4.78, 5) is 4.87. The average Bonchev–Trinajstić information content (AvgIpc) is 2.81. The van der Waals surface area contributed by atoms with Crippen LogP contribution in [0.15, 0.2) is 29.2 Å². The minimum absolute atomic E-state index is 0.680. The van der Waals surface area contributed by atoms with Crippen molar-refractivity contribution in [1.82, 2.24) is 4.90 Å². The van der Waals surface area contributed by atoms with Gasteiger partial charge in [-0.05, 0) is 49.9 Å². The molecule has 3 rings (SSSR count). The number of piperidine rings is 1. The van der Waals surface area contributed by atoms with Gasteiger partial charge in [-0.3, -0.25) is 0 Å². The maximum atomic E-state index is 3.74. The zero-order valence-electron chi connectivity index (χ0n) is 11.5. The second-order valence-corrected chi connectivity index (χ2v) is 8.65. The van der Waals surface area contributed by atoms with E-state index in [0.717, 1.165) is 11.2 Å². The van der Waals surface area contributed by atoms with E-state index in [9.17, 15) is 0 Å². The molecular weight excluding hydrogens is 318 g/mol. The van der Waals surface area contributed by atoms with Gasteiger partial charge in [-0.1, -0.05) is 41.1 Å². The Bertz CT molecular complexity index is 402. The first-order chi connectivity index (χ1) is 9.22. The van der Waals surface area contributed by atoms with Crippen LogP contribution in [0.5, 0.6) is 0 Å². The Morgan fingerprint density at radius 2 is 2.05 bits per heavy atom. The molecule has 0 N–H and O–H groups in total. The van der Waals surface area contributed by atoms with Gasteiger partial charge in [-0.2, -0.15) is 0 Å². The van der Waals surface area contributed by atoms with Gasteiger partial charge in [0.2, 0.25) is 0 Å². The van der Waals surface area contributed by atoms with Gasteiger partial charge in [-0.15, -0.1) is 11.8 Å². The molecule has 1 fully saturated rings. The molecule has 0 bridgehead atoms. The van der Waals surface area contributed by atoms with E-state index < -0.39 is 0 Å². The highest BCUT2D eigenvalue weighted by Gasteiger charge is 2.27. The van der Waals surface area contributed by atoms with Gasteiger partial charge < -0.3 is 4.90 Å². The minimum Gasteiger partial charge on any atom is -0.302 e. The first-order valence-electron chi connectivity index (χ1n) is 7.33. The van der Waals surface area contributed by atoms with Crippen LogP contribution in [0.3, 0.4) is 0 Å². The molecule has 3 heteroatoms. The molecule has 0 spiro atoms. The molecule has 19 heavy (non-hydrogen) atoms. The number of halogens is 1. The van der Waals surface area contributed by atoms with Crippen molar-refractivity contribution < 1.29 is 0 Å². The second kappa shape index (κ2) is 6.19. The number of hydrogen-bond donors (Lipinski definition) is 0. The highest BCUT2D eigenvalue weighted by atomic mass is 79.9. The fraction of sp³-hybridized carbons (Fsp3) is 0.625. The Labute approximate surface area is 129 Å². The van der Waals surface area contributed by atoms with Gasteiger partial charge in [0.1, 0.15) is 0 Å². The van der Waals surface area contributed by atoms with E-state index >= 15 is 0 Å². The number of nitrogens with zero attached hydrogens (tertiary/aromatic N) is 1.